The number of amides is 1. The van der Waals surface area contributed by atoms with Crippen LogP contribution in [0.3, 0.4) is 0 Å². The molecule has 0 fully saturated rings. The molecule has 1 aromatic carbocycles. The molecule has 0 aliphatic rings. The van der Waals surface area contributed by atoms with Gasteiger partial charge in [0.15, 0.2) is 0 Å². The number of benzene rings is 1. The minimum atomic E-state index is -0.580. The van der Waals surface area contributed by atoms with Crippen molar-refractivity contribution in [1.29, 1.82) is 0 Å². The second kappa shape index (κ2) is 8.05. The fourth-order valence-electron chi connectivity index (χ4n) is 2.45. The minimum Gasteiger partial charge on any atom is -0.455 e. The molecule has 0 atom stereocenters. The number of aryl methyl sites for hydroxylation is 1. The van der Waals surface area contributed by atoms with Crippen LogP contribution < -0.4 is 4.90 Å². The fraction of sp³-hybridized carbons (Fsp3) is 0.211. The van der Waals surface area contributed by atoms with Crippen molar-refractivity contribution in [3.05, 3.63) is 58.8 Å². The topological polar surface area (TPSA) is 81.9 Å². The Morgan fingerprint density at radius 1 is 1.22 bits per heavy atom. The van der Waals surface area contributed by atoms with Crippen LogP contribution in [0, 0.1) is 6.92 Å². The Morgan fingerprint density at radius 2 is 2.00 bits per heavy atom. The van der Waals surface area contributed by atoms with Crippen molar-refractivity contribution in [3.8, 4) is 10.8 Å². The summed E-state index contributed by atoms with van der Waals surface area (Å²) in [6.07, 6.45) is -0.580. The number of nitrogens with zero attached hydrogens (tertiary/aromatic N) is 2. The van der Waals surface area contributed by atoms with Crippen molar-refractivity contribution in [1.82, 2.24) is 4.98 Å². The lowest BCUT2D eigenvalue weighted by Gasteiger charge is -2.18. The molecule has 0 N–H and O–H groups in total. The summed E-state index contributed by atoms with van der Waals surface area (Å²) in [5.41, 5.74) is 1.20. The molecule has 2 heterocycles. The van der Waals surface area contributed by atoms with Crippen molar-refractivity contribution in [3.63, 3.8) is 0 Å². The maximum atomic E-state index is 12.5. The number of carbonyl (C=O) groups excluding carboxylic acids is 2. The van der Waals surface area contributed by atoms with E-state index in [1.165, 1.54) is 30.4 Å². The number of thiophene rings is 1. The molecule has 0 radical (unpaired) electrons. The molecule has 7 nitrogen and oxygen atoms in total. The van der Waals surface area contributed by atoms with E-state index in [0.717, 1.165) is 4.88 Å². The molecular weight excluding hydrogens is 368 g/mol. The van der Waals surface area contributed by atoms with Crippen LogP contribution in [0.5, 0.6) is 0 Å². The van der Waals surface area contributed by atoms with Gasteiger partial charge in [-0.05, 0) is 30.5 Å². The molecule has 0 spiro atoms. The van der Waals surface area contributed by atoms with Crippen LogP contribution in [-0.4, -0.2) is 31.2 Å². The fourth-order valence-corrected chi connectivity index (χ4v) is 3.10. The minimum absolute atomic E-state index is 0.0319. The normalized spacial score (nSPS) is 10.5. The van der Waals surface area contributed by atoms with E-state index >= 15 is 0 Å². The zero-order chi connectivity index (χ0) is 19.4. The zero-order valence-corrected chi connectivity index (χ0v) is 15.9. The first kappa shape index (κ1) is 18.7. The summed E-state index contributed by atoms with van der Waals surface area (Å²) >= 11 is 1.52. The van der Waals surface area contributed by atoms with Crippen molar-refractivity contribution in [2.75, 3.05) is 19.1 Å². The Kier molecular flexibility index (Phi) is 5.56. The van der Waals surface area contributed by atoms with Gasteiger partial charge in [0.1, 0.15) is 18.1 Å². The third kappa shape index (κ3) is 4.01. The van der Waals surface area contributed by atoms with E-state index in [4.69, 9.17) is 13.9 Å². The summed E-state index contributed by atoms with van der Waals surface area (Å²) in [4.78, 5) is 30.8. The van der Waals surface area contributed by atoms with Crippen LogP contribution >= 0.6 is 11.3 Å². The first-order chi connectivity index (χ1) is 13.0. The molecule has 3 aromatic rings. The number of esters is 1. The van der Waals surface area contributed by atoms with Gasteiger partial charge in [-0.2, -0.15) is 0 Å². The zero-order valence-electron chi connectivity index (χ0n) is 15.1. The van der Waals surface area contributed by atoms with Crippen molar-refractivity contribution in [2.45, 2.75) is 13.5 Å². The van der Waals surface area contributed by atoms with Crippen molar-refractivity contribution >= 4 is 29.1 Å². The summed E-state index contributed by atoms with van der Waals surface area (Å²) in [5, 5.41) is 1.93. The molecule has 8 heteroatoms. The standard InChI is InChI=1S/C19H18N2O5S/c1-12-14(20-17(26-12)16-9-6-10-27-16)11-25-18(22)13-7-4-5-8-15(13)21(2)19(23)24-3/h4-10H,11H2,1-3H3. The van der Waals surface area contributed by atoms with E-state index < -0.39 is 12.1 Å². The third-order valence-electron chi connectivity index (χ3n) is 3.90. The smallest absolute Gasteiger partial charge is 0.413 e. The summed E-state index contributed by atoms with van der Waals surface area (Å²) in [5.74, 6) is 0.520. The van der Waals surface area contributed by atoms with Gasteiger partial charge >= 0.3 is 12.1 Å². The monoisotopic (exact) mass is 386 g/mol. The summed E-state index contributed by atoms with van der Waals surface area (Å²) in [6, 6.07) is 10.5. The molecule has 3 rings (SSSR count). The molecule has 1 amide bonds. The Morgan fingerprint density at radius 3 is 2.70 bits per heavy atom. The van der Waals surface area contributed by atoms with Gasteiger partial charge in [-0.25, -0.2) is 14.6 Å². The first-order valence-corrected chi connectivity index (χ1v) is 8.97. The van der Waals surface area contributed by atoms with E-state index in [-0.39, 0.29) is 12.2 Å². The van der Waals surface area contributed by atoms with Gasteiger partial charge in [0, 0.05) is 7.05 Å². The molecule has 27 heavy (non-hydrogen) atoms. The lowest BCUT2D eigenvalue weighted by Crippen LogP contribution is -2.27. The van der Waals surface area contributed by atoms with Gasteiger partial charge in [0.25, 0.3) is 0 Å². The number of hydrogen-bond donors (Lipinski definition) is 0. The maximum Gasteiger partial charge on any atom is 0.413 e. The van der Waals surface area contributed by atoms with Gasteiger partial charge in [-0.3, -0.25) is 4.90 Å². The van der Waals surface area contributed by atoms with Crippen molar-refractivity contribution in [2.24, 2.45) is 0 Å². The Hall–Kier alpha value is -3.13. The van der Waals surface area contributed by atoms with Gasteiger partial charge < -0.3 is 13.9 Å². The van der Waals surface area contributed by atoms with Gasteiger partial charge in [0.05, 0.1) is 23.2 Å². The van der Waals surface area contributed by atoms with Crippen LogP contribution in [-0.2, 0) is 16.1 Å². The number of carbonyl (C=O) groups is 2. The molecule has 140 valence electrons. The number of rotatable bonds is 5. The molecular formula is C19H18N2O5S. The second-order valence-corrected chi connectivity index (χ2v) is 6.57. The SMILES string of the molecule is COC(=O)N(C)c1ccccc1C(=O)OCc1nc(-c2cccs2)oc1C. The molecule has 0 aliphatic heterocycles. The number of methoxy groups -OCH3 is 1. The largest absolute Gasteiger partial charge is 0.455 e. The highest BCUT2D eigenvalue weighted by Gasteiger charge is 2.21. The van der Waals surface area contributed by atoms with Gasteiger partial charge in [-0.15, -0.1) is 11.3 Å². The summed E-state index contributed by atoms with van der Waals surface area (Å²) < 4.78 is 15.7. The molecule has 0 bridgehead atoms. The number of hydrogen-bond acceptors (Lipinski definition) is 7. The second-order valence-electron chi connectivity index (χ2n) is 5.62. The van der Waals surface area contributed by atoms with Crippen LogP contribution in [0.4, 0.5) is 10.5 Å². The predicted molar refractivity (Wildman–Crippen MR) is 101 cm³/mol. The van der Waals surface area contributed by atoms with Gasteiger partial charge in [-0.1, -0.05) is 18.2 Å². The lowest BCUT2D eigenvalue weighted by molar-refractivity contribution is 0.0468. The highest BCUT2D eigenvalue weighted by molar-refractivity contribution is 7.13. The molecule has 0 unspecified atom stereocenters. The Bertz CT molecular complexity index is 949. The van der Waals surface area contributed by atoms with Crippen LogP contribution in [0.15, 0.2) is 46.2 Å². The number of aromatic nitrogens is 1. The number of ether oxygens (including phenoxy) is 2. The average Bonchev–Trinajstić information content (AvgIpc) is 3.34. The van der Waals surface area contributed by atoms with E-state index in [9.17, 15) is 9.59 Å². The van der Waals surface area contributed by atoms with E-state index in [1.54, 1.807) is 31.2 Å². The Balaban J connectivity index is 1.75. The molecule has 0 aliphatic carbocycles. The predicted octanol–water partition coefficient (Wildman–Crippen LogP) is 4.27. The number of para-hydroxylation sites is 1. The maximum absolute atomic E-state index is 12.5. The highest BCUT2D eigenvalue weighted by Crippen LogP contribution is 2.27. The van der Waals surface area contributed by atoms with Crippen LogP contribution in [0.2, 0.25) is 0 Å². The van der Waals surface area contributed by atoms with E-state index in [2.05, 4.69) is 4.98 Å². The number of anilines is 1. The molecule has 0 saturated heterocycles. The summed E-state index contributed by atoms with van der Waals surface area (Å²) in [6.45, 7) is 1.74. The molecule has 0 saturated carbocycles. The average molecular weight is 386 g/mol. The quantitative estimate of drug-likeness (QED) is 0.609. The van der Waals surface area contributed by atoms with Gasteiger partial charge in [0.2, 0.25) is 5.89 Å². The lowest BCUT2D eigenvalue weighted by atomic mass is 10.1. The van der Waals surface area contributed by atoms with Crippen LogP contribution in [0.25, 0.3) is 10.8 Å². The summed E-state index contributed by atoms with van der Waals surface area (Å²) in [7, 11) is 2.80. The Labute approximate surface area is 160 Å². The number of oxazole rings is 1. The van der Waals surface area contributed by atoms with E-state index in [1.807, 2.05) is 17.5 Å². The molecule has 2 aromatic heterocycles. The third-order valence-corrected chi connectivity index (χ3v) is 4.76. The van der Waals surface area contributed by atoms with E-state index in [0.29, 0.717) is 23.0 Å². The first-order valence-electron chi connectivity index (χ1n) is 8.09. The van der Waals surface area contributed by atoms with Crippen molar-refractivity contribution < 1.29 is 23.5 Å². The van der Waals surface area contributed by atoms with Crippen LogP contribution in [0.1, 0.15) is 21.8 Å². The highest BCUT2D eigenvalue weighted by atomic mass is 32.1.